The van der Waals surface area contributed by atoms with Gasteiger partial charge in [-0.15, -0.1) is 0 Å². The molecule has 2 aromatic carbocycles. The third-order valence-corrected chi connectivity index (χ3v) is 4.52. The van der Waals surface area contributed by atoms with Gasteiger partial charge in [0.2, 0.25) is 0 Å². The Bertz CT molecular complexity index is 862. The highest BCUT2D eigenvalue weighted by Gasteiger charge is 2.20. The zero-order valence-electron chi connectivity index (χ0n) is 15.6. The number of carbonyl (C=O) groups is 1. The summed E-state index contributed by atoms with van der Waals surface area (Å²) in [6.45, 7) is 5.62. The van der Waals surface area contributed by atoms with Gasteiger partial charge in [-0.2, -0.15) is 0 Å². The zero-order valence-corrected chi connectivity index (χ0v) is 15.6. The van der Waals surface area contributed by atoms with Crippen LogP contribution in [0.2, 0.25) is 0 Å². The first-order chi connectivity index (χ1) is 13.2. The maximum atomic E-state index is 11.2. The van der Waals surface area contributed by atoms with Crippen LogP contribution in [0.1, 0.15) is 36.0 Å². The van der Waals surface area contributed by atoms with Crippen LogP contribution in [-0.4, -0.2) is 5.97 Å². The van der Waals surface area contributed by atoms with Crippen molar-refractivity contribution in [2.24, 2.45) is 0 Å². The van der Waals surface area contributed by atoms with E-state index in [4.69, 9.17) is 9.47 Å². The second-order valence-corrected chi connectivity index (χ2v) is 6.54. The van der Waals surface area contributed by atoms with Gasteiger partial charge < -0.3 is 9.47 Å². The van der Waals surface area contributed by atoms with E-state index in [0.717, 1.165) is 24.2 Å². The van der Waals surface area contributed by atoms with Crippen molar-refractivity contribution in [1.29, 1.82) is 0 Å². The van der Waals surface area contributed by atoms with Gasteiger partial charge in [0.1, 0.15) is 18.1 Å². The summed E-state index contributed by atoms with van der Waals surface area (Å²) in [5.41, 5.74) is 3.78. The molecule has 0 saturated heterocycles. The Hall–Kier alpha value is -3.07. The van der Waals surface area contributed by atoms with Gasteiger partial charge in [-0.05, 0) is 53.8 Å². The normalized spacial score (nSPS) is 16.2. The van der Waals surface area contributed by atoms with E-state index in [2.05, 4.69) is 36.9 Å². The van der Waals surface area contributed by atoms with E-state index < -0.39 is 0 Å². The largest absolute Gasteiger partial charge is 0.489 e. The Morgan fingerprint density at radius 3 is 2.78 bits per heavy atom. The molecule has 0 aliphatic heterocycles. The Morgan fingerprint density at radius 1 is 1.22 bits per heavy atom. The maximum absolute atomic E-state index is 11.2. The molecule has 0 aromatic heterocycles. The molecule has 0 fully saturated rings. The van der Waals surface area contributed by atoms with Crippen molar-refractivity contribution < 1.29 is 14.3 Å². The Labute approximate surface area is 160 Å². The number of aryl methyl sites for hydroxylation is 1. The van der Waals surface area contributed by atoms with E-state index in [0.29, 0.717) is 18.3 Å². The van der Waals surface area contributed by atoms with Crippen LogP contribution >= 0.6 is 0 Å². The Morgan fingerprint density at radius 2 is 2.04 bits per heavy atom. The minimum absolute atomic E-state index is 0.312. The molecular formula is C24H24O3. The molecule has 3 heteroatoms. The third kappa shape index (κ3) is 5.20. The first-order valence-electron chi connectivity index (χ1n) is 9.14. The van der Waals surface area contributed by atoms with Crippen LogP contribution < -0.4 is 4.74 Å². The lowest BCUT2D eigenvalue weighted by Gasteiger charge is -2.10. The van der Waals surface area contributed by atoms with Crippen LogP contribution in [-0.2, 0) is 22.6 Å². The molecule has 2 aromatic rings. The summed E-state index contributed by atoms with van der Waals surface area (Å²) in [7, 11) is 0. The molecule has 3 nitrogen and oxygen atoms in total. The van der Waals surface area contributed by atoms with Gasteiger partial charge in [-0.3, -0.25) is 4.79 Å². The zero-order chi connectivity index (χ0) is 19.1. The van der Waals surface area contributed by atoms with Crippen molar-refractivity contribution in [1.82, 2.24) is 0 Å². The highest BCUT2D eigenvalue weighted by atomic mass is 16.5. The Kier molecular flexibility index (Phi) is 6.26. The number of benzene rings is 2. The fourth-order valence-electron chi connectivity index (χ4n) is 3.27. The van der Waals surface area contributed by atoms with Crippen molar-refractivity contribution in [3.63, 3.8) is 0 Å². The molecule has 0 radical (unpaired) electrons. The van der Waals surface area contributed by atoms with Gasteiger partial charge in [-0.25, -0.2) is 0 Å². The van der Waals surface area contributed by atoms with Crippen molar-refractivity contribution >= 4 is 5.97 Å². The summed E-state index contributed by atoms with van der Waals surface area (Å²) >= 11 is 0. The van der Waals surface area contributed by atoms with Gasteiger partial charge in [0, 0.05) is 12.8 Å². The van der Waals surface area contributed by atoms with Crippen molar-refractivity contribution in [3.05, 3.63) is 102 Å². The summed E-state index contributed by atoms with van der Waals surface area (Å²) in [5.74, 6) is 1.38. The molecule has 1 atom stereocenters. The van der Waals surface area contributed by atoms with E-state index in [1.54, 1.807) is 12.2 Å². The van der Waals surface area contributed by atoms with Crippen molar-refractivity contribution in [2.75, 3.05) is 0 Å². The Balaban J connectivity index is 1.67. The average Bonchev–Trinajstić information content (AvgIpc) is 3.07. The molecule has 0 bridgehead atoms. The standard InChI is InChI=1S/C24H24O3/c1-3-7-22(27-18(2)25)13-12-20-10-11-21-16-23(14-15-24(20)21)26-17-19-8-5-4-6-9-19/h3-9,12-16,20H,1,10-11,17H2,2H3/b13-12?,22-7+. The fraction of sp³-hybridized carbons (Fsp3) is 0.208. The number of allylic oxidation sites excluding steroid dienone is 4. The molecule has 138 valence electrons. The molecule has 1 aliphatic rings. The summed E-state index contributed by atoms with van der Waals surface area (Å²) in [6, 6.07) is 16.5. The minimum Gasteiger partial charge on any atom is -0.489 e. The molecule has 1 unspecified atom stereocenters. The number of fused-ring (bicyclic) bond motifs is 1. The molecule has 0 amide bonds. The first kappa shape index (κ1) is 18.7. The second kappa shape index (κ2) is 9.04. The highest BCUT2D eigenvalue weighted by molar-refractivity contribution is 5.67. The number of rotatable bonds is 7. The number of carbonyl (C=O) groups excluding carboxylic acids is 1. The number of hydrogen-bond donors (Lipinski definition) is 0. The smallest absolute Gasteiger partial charge is 0.308 e. The summed E-state index contributed by atoms with van der Waals surface area (Å²) < 4.78 is 11.1. The van der Waals surface area contributed by atoms with Gasteiger partial charge in [0.25, 0.3) is 0 Å². The lowest BCUT2D eigenvalue weighted by atomic mass is 10.0. The summed E-state index contributed by atoms with van der Waals surface area (Å²) in [5, 5.41) is 0. The van der Waals surface area contributed by atoms with E-state index in [9.17, 15) is 4.79 Å². The SMILES string of the molecule is C=C/C=C(\C=CC1CCc2cc(OCc3ccccc3)ccc21)OC(C)=O. The molecular weight excluding hydrogens is 336 g/mol. The molecule has 3 rings (SSSR count). The van der Waals surface area contributed by atoms with E-state index in [1.165, 1.54) is 18.1 Å². The second-order valence-electron chi connectivity index (χ2n) is 6.54. The van der Waals surface area contributed by atoms with Crippen LogP contribution in [0.5, 0.6) is 5.75 Å². The molecule has 0 spiro atoms. The maximum Gasteiger partial charge on any atom is 0.308 e. The average molecular weight is 360 g/mol. The lowest BCUT2D eigenvalue weighted by Crippen LogP contribution is -1.98. The highest BCUT2D eigenvalue weighted by Crippen LogP contribution is 2.36. The number of ether oxygens (including phenoxy) is 2. The molecule has 27 heavy (non-hydrogen) atoms. The lowest BCUT2D eigenvalue weighted by molar-refractivity contribution is -0.136. The predicted molar refractivity (Wildman–Crippen MR) is 107 cm³/mol. The molecule has 1 aliphatic carbocycles. The van der Waals surface area contributed by atoms with Crippen LogP contribution in [0.4, 0.5) is 0 Å². The summed E-state index contributed by atoms with van der Waals surface area (Å²) in [4.78, 5) is 11.2. The number of esters is 1. The third-order valence-electron chi connectivity index (χ3n) is 4.52. The van der Waals surface area contributed by atoms with Gasteiger partial charge >= 0.3 is 5.97 Å². The molecule has 0 N–H and O–H groups in total. The summed E-state index contributed by atoms with van der Waals surface area (Å²) in [6.07, 6.45) is 9.30. The van der Waals surface area contributed by atoms with E-state index >= 15 is 0 Å². The quantitative estimate of drug-likeness (QED) is 0.372. The van der Waals surface area contributed by atoms with Crippen molar-refractivity contribution in [3.8, 4) is 5.75 Å². The van der Waals surface area contributed by atoms with Crippen LogP contribution in [0.3, 0.4) is 0 Å². The minimum atomic E-state index is -0.334. The van der Waals surface area contributed by atoms with E-state index in [1.807, 2.05) is 30.3 Å². The first-order valence-corrected chi connectivity index (χ1v) is 9.14. The van der Waals surface area contributed by atoms with Gasteiger partial charge in [-0.1, -0.05) is 55.1 Å². The number of hydrogen-bond acceptors (Lipinski definition) is 3. The van der Waals surface area contributed by atoms with Crippen LogP contribution in [0.15, 0.2) is 85.2 Å². The van der Waals surface area contributed by atoms with E-state index in [-0.39, 0.29) is 5.97 Å². The molecule has 0 heterocycles. The van der Waals surface area contributed by atoms with Crippen molar-refractivity contribution in [2.45, 2.75) is 32.3 Å². The molecule has 0 saturated carbocycles. The van der Waals surface area contributed by atoms with Crippen LogP contribution in [0, 0.1) is 0 Å². The fourth-order valence-corrected chi connectivity index (χ4v) is 3.27. The monoisotopic (exact) mass is 360 g/mol. The van der Waals surface area contributed by atoms with Crippen LogP contribution in [0.25, 0.3) is 0 Å². The van der Waals surface area contributed by atoms with Gasteiger partial charge in [0.15, 0.2) is 0 Å². The van der Waals surface area contributed by atoms with Gasteiger partial charge in [0.05, 0.1) is 0 Å². The predicted octanol–water partition coefficient (Wildman–Crippen LogP) is 5.48. The topological polar surface area (TPSA) is 35.5 Å².